The third-order valence-electron chi connectivity index (χ3n) is 3.22. The molecule has 3 aromatic rings. The van der Waals surface area contributed by atoms with Crippen molar-refractivity contribution in [3.8, 4) is 0 Å². The molecule has 19 heavy (non-hydrogen) atoms. The predicted molar refractivity (Wildman–Crippen MR) is 77.7 cm³/mol. The van der Waals surface area contributed by atoms with E-state index >= 15 is 0 Å². The molecule has 0 aromatic carbocycles. The highest BCUT2D eigenvalue weighted by Crippen LogP contribution is 2.15. The number of nitrogens with zero attached hydrogens (tertiary/aromatic N) is 3. The largest absolute Gasteiger partial charge is 0.329 e. The Kier molecular flexibility index (Phi) is 2.91. The Morgan fingerprint density at radius 1 is 1.26 bits per heavy atom. The van der Waals surface area contributed by atoms with Crippen LogP contribution in [-0.2, 0) is 6.54 Å². The number of H-pyrrole nitrogens is 1. The third-order valence-corrected chi connectivity index (χ3v) is 3.54. The van der Waals surface area contributed by atoms with Gasteiger partial charge in [0.05, 0.1) is 12.1 Å². The average molecular weight is 270 g/mol. The lowest BCUT2D eigenvalue weighted by atomic mass is 10.1. The summed E-state index contributed by atoms with van der Waals surface area (Å²) in [5.41, 5.74) is 5.23. The summed E-state index contributed by atoms with van der Waals surface area (Å²) >= 11 is 5.39. The van der Waals surface area contributed by atoms with Crippen LogP contribution in [0.25, 0.3) is 11.2 Å². The maximum atomic E-state index is 5.39. The summed E-state index contributed by atoms with van der Waals surface area (Å²) in [7, 11) is 0. The van der Waals surface area contributed by atoms with Gasteiger partial charge in [0.15, 0.2) is 10.4 Å². The highest BCUT2D eigenvalue weighted by Gasteiger charge is 2.07. The number of fused-ring (bicyclic) bond motifs is 1. The quantitative estimate of drug-likeness (QED) is 0.728. The number of pyridine rings is 2. The van der Waals surface area contributed by atoms with Crippen LogP contribution in [0.5, 0.6) is 0 Å². The van der Waals surface area contributed by atoms with Gasteiger partial charge in [-0.15, -0.1) is 0 Å². The second kappa shape index (κ2) is 4.59. The summed E-state index contributed by atoms with van der Waals surface area (Å²) in [5, 5.41) is 0. The predicted octanol–water partition coefficient (Wildman–Crippen LogP) is 3.15. The van der Waals surface area contributed by atoms with Crippen molar-refractivity contribution in [1.82, 2.24) is 19.5 Å². The van der Waals surface area contributed by atoms with Gasteiger partial charge in [-0.05, 0) is 55.4 Å². The van der Waals surface area contributed by atoms with E-state index in [9.17, 15) is 0 Å². The number of hydrogen-bond acceptors (Lipinski definition) is 3. The SMILES string of the molecule is Cc1ccc2[nH]c(=S)n(Cc3ccncc3C)c2n1. The van der Waals surface area contributed by atoms with Crippen molar-refractivity contribution in [2.45, 2.75) is 20.4 Å². The van der Waals surface area contributed by atoms with Crippen LogP contribution in [0.15, 0.2) is 30.6 Å². The standard InChI is InChI=1S/C14H14N4S/c1-9-7-15-6-5-11(9)8-18-13-12(17-14(18)19)4-3-10(2)16-13/h3-7H,8H2,1-2H3,(H,17,19). The second-order valence-corrected chi connectivity index (χ2v) is 5.03. The van der Waals surface area contributed by atoms with E-state index in [1.165, 1.54) is 5.56 Å². The van der Waals surface area contributed by atoms with E-state index in [1.54, 1.807) is 6.20 Å². The Bertz CT molecular complexity index is 801. The van der Waals surface area contributed by atoms with Gasteiger partial charge in [-0.1, -0.05) is 0 Å². The molecule has 0 spiro atoms. The Balaban J connectivity index is 2.15. The molecule has 3 rings (SSSR count). The second-order valence-electron chi connectivity index (χ2n) is 4.64. The number of rotatable bonds is 2. The maximum absolute atomic E-state index is 5.39. The van der Waals surface area contributed by atoms with Gasteiger partial charge in [0.1, 0.15) is 0 Å². The van der Waals surface area contributed by atoms with E-state index in [2.05, 4.69) is 21.9 Å². The van der Waals surface area contributed by atoms with Gasteiger partial charge in [-0.2, -0.15) is 0 Å². The van der Waals surface area contributed by atoms with Crippen molar-refractivity contribution in [1.29, 1.82) is 0 Å². The zero-order valence-corrected chi connectivity index (χ0v) is 11.7. The molecule has 0 unspecified atom stereocenters. The lowest BCUT2D eigenvalue weighted by Crippen LogP contribution is -2.03. The maximum Gasteiger partial charge on any atom is 0.179 e. The van der Waals surface area contributed by atoms with E-state index in [1.807, 2.05) is 35.9 Å². The van der Waals surface area contributed by atoms with Crippen LogP contribution in [0.4, 0.5) is 0 Å². The summed E-state index contributed by atoms with van der Waals surface area (Å²) in [6.45, 7) is 4.75. The minimum Gasteiger partial charge on any atom is -0.329 e. The number of nitrogens with one attached hydrogen (secondary N) is 1. The molecule has 5 heteroatoms. The molecular formula is C14H14N4S. The van der Waals surface area contributed by atoms with E-state index in [4.69, 9.17) is 12.2 Å². The molecule has 0 aliphatic heterocycles. The van der Waals surface area contributed by atoms with Crippen molar-refractivity contribution in [3.63, 3.8) is 0 Å². The van der Waals surface area contributed by atoms with E-state index in [0.717, 1.165) is 22.4 Å². The van der Waals surface area contributed by atoms with Crippen LogP contribution in [0, 0.1) is 18.6 Å². The third kappa shape index (κ3) is 2.17. The first-order valence-electron chi connectivity index (χ1n) is 6.11. The lowest BCUT2D eigenvalue weighted by molar-refractivity contribution is 0.792. The van der Waals surface area contributed by atoms with Crippen molar-refractivity contribution < 1.29 is 0 Å². The fourth-order valence-electron chi connectivity index (χ4n) is 2.12. The smallest absolute Gasteiger partial charge is 0.179 e. The number of aryl methyl sites for hydroxylation is 2. The van der Waals surface area contributed by atoms with Gasteiger partial charge < -0.3 is 4.98 Å². The molecule has 0 saturated heterocycles. The molecule has 0 aliphatic carbocycles. The van der Waals surface area contributed by atoms with Gasteiger partial charge in [0, 0.05) is 18.1 Å². The molecule has 0 bridgehead atoms. The fraction of sp³-hybridized carbons (Fsp3) is 0.214. The summed E-state index contributed by atoms with van der Waals surface area (Å²) in [5.74, 6) is 0. The topological polar surface area (TPSA) is 46.5 Å². The van der Waals surface area contributed by atoms with Crippen molar-refractivity contribution in [2.24, 2.45) is 0 Å². The van der Waals surface area contributed by atoms with Gasteiger partial charge >= 0.3 is 0 Å². The number of aromatic nitrogens is 4. The molecule has 0 saturated carbocycles. The molecule has 3 aromatic heterocycles. The first-order valence-corrected chi connectivity index (χ1v) is 6.51. The van der Waals surface area contributed by atoms with Crippen LogP contribution < -0.4 is 0 Å². The first-order chi connectivity index (χ1) is 9.15. The number of hydrogen-bond donors (Lipinski definition) is 1. The Morgan fingerprint density at radius 3 is 2.89 bits per heavy atom. The molecule has 1 N–H and O–H groups in total. The minimum atomic E-state index is 0.698. The number of imidazole rings is 1. The average Bonchev–Trinajstić information content (AvgIpc) is 2.69. The Labute approximate surface area is 116 Å². The van der Waals surface area contributed by atoms with Crippen LogP contribution in [0.2, 0.25) is 0 Å². The van der Waals surface area contributed by atoms with E-state index < -0.39 is 0 Å². The van der Waals surface area contributed by atoms with Gasteiger partial charge in [-0.3, -0.25) is 9.55 Å². The van der Waals surface area contributed by atoms with Crippen molar-refractivity contribution in [2.75, 3.05) is 0 Å². The normalized spacial score (nSPS) is 11.1. The van der Waals surface area contributed by atoms with Gasteiger partial charge in [0.25, 0.3) is 0 Å². The van der Waals surface area contributed by atoms with Gasteiger partial charge in [-0.25, -0.2) is 4.98 Å². The van der Waals surface area contributed by atoms with Crippen LogP contribution in [0.1, 0.15) is 16.8 Å². The molecule has 0 fully saturated rings. The van der Waals surface area contributed by atoms with Crippen molar-refractivity contribution >= 4 is 23.4 Å². The van der Waals surface area contributed by atoms with Crippen LogP contribution in [0.3, 0.4) is 0 Å². The highest BCUT2D eigenvalue weighted by atomic mass is 32.1. The molecule has 4 nitrogen and oxygen atoms in total. The summed E-state index contributed by atoms with van der Waals surface area (Å²) in [6.07, 6.45) is 3.67. The zero-order valence-electron chi connectivity index (χ0n) is 10.8. The van der Waals surface area contributed by atoms with E-state index in [0.29, 0.717) is 11.3 Å². The van der Waals surface area contributed by atoms with Crippen LogP contribution in [-0.4, -0.2) is 19.5 Å². The van der Waals surface area contributed by atoms with Gasteiger partial charge in [0.2, 0.25) is 0 Å². The molecule has 0 amide bonds. The highest BCUT2D eigenvalue weighted by molar-refractivity contribution is 7.71. The van der Waals surface area contributed by atoms with E-state index in [-0.39, 0.29) is 0 Å². The molecular weight excluding hydrogens is 256 g/mol. The monoisotopic (exact) mass is 270 g/mol. The molecule has 0 atom stereocenters. The molecule has 3 heterocycles. The Hall–Kier alpha value is -2.01. The lowest BCUT2D eigenvalue weighted by Gasteiger charge is -2.07. The minimum absolute atomic E-state index is 0.698. The summed E-state index contributed by atoms with van der Waals surface area (Å²) in [4.78, 5) is 11.9. The summed E-state index contributed by atoms with van der Waals surface area (Å²) < 4.78 is 2.73. The summed E-state index contributed by atoms with van der Waals surface area (Å²) in [6, 6.07) is 6.02. The zero-order chi connectivity index (χ0) is 13.4. The fourth-order valence-corrected chi connectivity index (χ4v) is 2.38. The Morgan fingerprint density at radius 2 is 2.11 bits per heavy atom. The first kappa shape index (κ1) is 12.0. The molecule has 0 radical (unpaired) electrons. The molecule has 0 aliphatic rings. The number of aromatic amines is 1. The molecule has 96 valence electrons. The van der Waals surface area contributed by atoms with Crippen LogP contribution >= 0.6 is 12.2 Å². The van der Waals surface area contributed by atoms with Crippen molar-refractivity contribution in [3.05, 3.63) is 52.2 Å².